The smallest absolute Gasteiger partial charge is 0.159 e. The van der Waals surface area contributed by atoms with Gasteiger partial charge in [-0.1, -0.05) is 97.1 Å². The Bertz CT molecular complexity index is 2420. The molecule has 44 heavy (non-hydrogen) atoms. The van der Waals surface area contributed by atoms with Crippen LogP contribution in [-0.4, -0.2) is 11.7 Å². The van der Waals surface area contributed by atoms with Gasteiger partial charge in [-0.3, -0.25) is 0 Å². The predicted molar refractivity (Wildman–Crippen MR) is 178 cm³/mol. The van der Waals surface area contributed by atoms with Gasteiger partial charge < -0.3 is 14.2 Å². The van der Waals surface area contributed by atoms with Crippen LogP contribution in [0, 0.1) is 0 Å². The lowest BCUT2D eigenvalue weighted by molar-refractivity contribution is 0.667. The zero-order valence-electron chi connectivity index (χ0n) is 23.6. The second-order valence-corrected chi connectivity index (χ2v) is 11.1. The number of para-hydroxylation sites is 1. The molecule has 208 valence electrons. The van der Waals surface area contributed by atoms with Crippen molar-refractivity contribution in [2.45, 2.75) is 6.17 Å². The van der Waals surface area contributed by atoms with Gasteiger partial charge in [0.05, 0.1) is 0 Å². The topological polar surface area (TPSA) is 63.0 Å². The molecule has 8 aromatic rings. The van der Waals surface area contributed by atoms with Crippen LogP contribution >= 0.6 is 0 Å². The summed E-state index contributed by atoms with van der Waals surface area (Å²) in [4.78, 5) is 9.98. The van der Waals surface area contributed by atoms with Crippen molar-refractivity contribution in [3.8, 4) is 11.1 Å². The van der Waals surface area contributed by atoms with Crippen molar-refractivity contribution in [3.63, 3.8) is 0 Å². The van der Waals surface area contributed by atoms with E-state index in [2.05, 4.69) is 84.2 Å². The van der Waals surface area contributed by atoms with Crippen LogP contribution in [0.25, 0.3) is 55.0 Å². The first-order valence-corrected chi connectivity index (χ1v) is 14.7. The summed E-state index contributed by atoms with van der Waals surface area (Å²) in [5.74, 6) is 1.46. The molecule has 5 nitrogen and oxygen atoms in total. The summed E-state index contributed by atoms with van der Waals surface area (Å²) in [6.07, 6.45) is -0.253. The van der Waals surface area contributed by atoms with Crippen molar-refractivity contribution in [1.29, 1.82) is 0 Å². The molecule has 9 rings (SSSR count). The fraction of sp³-hybridized carbons (Fsp3) is 0.0256. The molecule has 1 unspecified atom stereocenters. The maximum Gasteiger partial charge on any atom is 0.159 e. The van der Waals surface area contributed by atoms with Crippen LogP contribution in [0.5, 0.6) is 0 Å². The quantitative estimate of drug-likeness (QED) is 0.230. The molecule has 0 spiro atoms. The first-order chi connectivity index (χ1) is 21.8. The molecule has 1 N–H and O–H groups in total. The summed E-state index contributed by atoms with van der Waals surface area (Å²) in [6.45, 7) is 0. The van der Waals surface area contributed by atoms with Crippen molar-refractivity contribution >= 4 is 55.5 Å². The molecule has 5 heteroatoms. The maximum atomic E-state index is 6.46. The fourth-order valence-electron chi connectivity index (χ4n) is 6.13. The van der Waals surface area contributed by atoms with E-state index in [-0.39, 0.29) is 6.17 Å². The Kier molecular flexibility index (Phi) is 5.50. The van der Waals surface area contributed by atoms with E-state index in [0.29, 0.717) is 5.84 Å². The Balaban J connectivity index is 1.12. The number of nitrogens with one attached hydrogen (secondary N) is 1. The van der Waals surface area contributed by atoms with Gasteiger partial charge in [0, 0.05) is 32.7 Å². The molecule has 1 aliphatic heterocycles. The maximum absolute atomic E-state index is 6.46. The molecule has 1 aliphatic rings. The summed E-state index contributed by atoms with van der Waals surface area (Å²) in [5.41, 5.74) is 8.57. The number of furan rings is 2. The van der Waals surface area contributed by atoms with Crippen molar-refractivity contribution in [2.24, 2.45) is 9.98 Å². The van der Waals surface area contributed by atoms with Crippen LogP contribution in [0.2, 0.25) is 0 Å². The Labute approximate surface area is 252 Å². The summed E-state index contributed by atoms with van der Waals surface area (Å²) >= 11 is 0. The Hall–Kier alpha value is -5.94. The monoisotopic (exact) mass is 567 g/mol. The molecule has 0 bridgehead atoms. The van der Waals surface area contributed by atoms with Gasteiger partial charge in [-0.2, -0.15) is 0 Å². The Morgan fingerprint density at radius 2 is 0.977 bits per heavy atom. The summed E-state index contributed by atoms with van der Waals surface area (Å²) < 4.78 is 12.6. The summed E-state index contributed by atoms with van der Waals surface area (Å²) in [5, 5.41) is 7.90. The normalized spacial score (nSPS) is 15.0. The highest BCUT2D eigenvalue weighted by molar-refractivity contribution is 6.15. The summed E-state index contributed by atoms with van der Waals surface area (Å²) in [7, 11) is 0. The predicted octanol–water partition coefficient (Wildman–Crippen LogP) is 9.65. The molecule has 0 fully saturated rings. The van der Waals surface area contributed by atoms with E-state index in [1.54, 1.807) is 0 Å². The van der Waals surface area contributed by atoms with Gasteiger partial charge in [0.25, 0.3) is 0 Å². The average Bonchev–Trinajstić information content (AvgIpc) is 3.65. The molecular weight excluding hydrogens is 542 g/mol. The van der Waals surface area contributed by atoms with Crippen molar-refractivity contribution in [3.05, 3.63) is 156 Å². The highest BCUT2D eigenvalue weighted by Gasteiger charge is 2.21. The van der Waals surface area contributed by atoms with Crippen LogP contribution < -0.4 is 5.32 Å². The second kappa shape index (κ2) is 9.82. The van der Waals surface area contributed by atoms with E-state index < -0.39 is 0 Å². The third-order valence-corrected chi connectivity index (χ3v) is 8.35. The van der Waals surface area contributed by atoms with E-state index in [0.717, 1.165) is 77.5 Å². The molecule has 3 heterocycles. The van der Waals surface area contributed by atoms with Crippen LogP contribution in [-0.2, 0) is 0 Å². The van der Waals surface area contributed by atoms with Crippen LogP contribution in [0.4, 0.5) is 0 Å². The van der Waals surface area contributed by atoms with Crippen LogP contribution in [0.3, 0.4) is 0 Å². The second-order valence-electron chi connectivity index (χ2n) is 11.1. The SMILES string of the molecule is c1ccc(C2=NC(c3ccc4c(c3)oc3cc(-c5ccc6c(c5)oc5ccccc56)ccc34)=NC(c3ccccc3)N2)cc1. The zero-order chi connectivity index (χ0) is 29.0. The Morgan fingerprint density at radius 1 is 0.455 bits per heavy atom. The van der Waals surface area contributed by atoms with Crippen molar-refractivity contribution in [2.75, 3.05) is 0 Å². The molecule has 1 atom stereocenters. The van der Waals surface area contributed by atoms with Crippen molar-refractivity contribution in [1.82, 2.24) is 5.32 Å². The minimum Gasteiger partial charge on any atom is -0.456 e. The highest BCUT2D eigenvalue weighted by Crippen LogP contribution is 2.36. The fourth-order valence-corrected chi connectivity index (χ4v) is 6.13. The van der Waals surface area contributed by atoms with Gasteiger partial charge in [0.15, 0.2) is 5.84 Å². The first-order valence-electron chi connectivity index (χ1n) is 14.7. The number of amidine groups is 2. The third kappa shape index (κ3) is 4.09. The summed E-state index contributed by atoms with van der Waals surface area (Å²) in [6, 6.07) is 47.6. The largest absolute Gasteiger partial charge is 0.456 e. The zero-order valence-corrected chi connectivity index (χ0v) is 23.6. The number of aliphatic imine (C=N–C) groups is 2. The van der Waals surface area contributed by atoms with Crippen molar-refractivity contribution < 1.29 is 8.83 Å². The molecule has 0 radical (unpaired) electrons. The Morgan fingerprint density at radius 3 is 1.66 bits per heavy atom. The van der Waals surface area contributed by atoms with Gasteiger partial charge in [-0.05, 0) is 59.2 Å². The van der Waals surface area contributed by atoms with Gasteiger partial charge in [0.2, 0.25) is 0 Å². The number of hydrogen-bond acceptors (Lipinski definition) is 5. The molecule has 0 saturated carbocycles. The molecule has 2 aromatic heterocycles. The number of benzene rings is 6. The highest BCUT2D eigenvalue weighted by atomic mass is 16.3. The number of fused-ring (bicyclic) bond motifs is 6. The van der Waals surface area contributed by atoms with Gasteiger partial charge >= 0.3 is 0 Å². The van der Waals surface area contributed by atoms with E-state index in [1.807, 2.05) is 60.7 Å². The van der Waals surface area contributed by atoms with Crippen LogP contribution in [0.15, 0.2) is 158 Å². The lowest BCUT2D eigenvalue weighted by atomic mass is 10.0. The molecule has 6 aromatic carbocycles. The standard InChI is InChI=1S/C39H25N3O2/c1-3-9-24(10-4-1)37-40-38(25-11-5-2-6-12-25)42-39(41-37)28-17-20-32-31-19-16-27(22-35(31)44-36(32)23-28)26-15-18-30-29-13-7-8-14-33(29)43-34(30)21-26/h1-23,37H,(H,40,41,42). The number of rotatable bonds is 4. The molecule has 0 saturated heterocycles. The number of nitrogens with zero attached hydrogens (tertiary/aromatic N) is 2. The number of hydrogen-bond donors (Lipinski definition) is 1. The lowest BCUT2D eigenvalue weighted by Crippen LogP contribution is -2.33. The van der Waals surface area contributed by atoms with E-state index in [4.69, 9.17) is 18.8 Å². The van der Waals surface area contributed by atoms with E-state index in [9.17, 15) is 0 Å². The van der Waals surface area contributed by atoms with Crippen LogP contribution in [0.1, 0.15) is 22.9 Å². The average molecular weight is 568 g/mol. The van der Waals surface area contributed by atoms with Gasteiger partial charge in [-0.25, -0.2) is 9.98 Å². The van der Waals surface area contributed by atoms with E-state index >= 15 is 0 Å². The minimum absolute atomic E-state index is 0.253. The van der Waals surface area contributed by atoms with Gasteiger partial charge in [-0.15, -0.1) is 0 Å². The third-order valence-electron chi connectivity index (χ3n) is 8.35. The van der Waals surface area contributed by atoms with Gasteiger partial charge in [0.1, 0.15) is 34.3 Å². The minimum atomic E-state index is -0.253. The molecule has 0 aliphatic carbocycles. The lowest BCUT2D eigenvalue weighted by Gasteiger charge is -2.23. The first kappa shape index (κ1) is 24.6. The van der Waals surface area contributed by atoms with E-state index in [1.165, 1.54) is 0 Å². The molecule has 0 amide bonds. The molecular formula is C39H25N3O2.